The molecule has 1 aliphatic heterocycles. The SMILES string of the molecule is Cc1cc(NC(=O)[C@H]2CCCNC2)ccc1F. The molecule has 0 aliphatic carbocycles. The Morgan fingerprint density at radius 1 is 1.53 bits per heavy atom. The van der Waals surface area contributed by atoms with Gasteiger partial charge in [0.15, 0.2) is 0 Å². The molecule has 1 saturated heterocycles. The van der Waals surface area contributed by atoms with E-state index in [4.69, 9.17) is 0 Å². The van der Waals surface area contributed by atoms with Crippen molar-refractivity contribution in [1.82, 2.24) is 5.32 Å². The third-order valence-electron chi connectivity index (χ3n) is 3.09. The highest BCUT2D eigenvalue weighted by atomic mass is 19.1. The van der Waals surface area contributed by atoms with Crippen LogP contribution in [0, 0.1) is 18.7 Å². The van der Waals surface area contributed by atoms with Gasteiger partial charge in [-0.15, -0.1) is 0 Å². The van der Waals surface area contributed by atoms with Gasteiger partial charge in [0.05, 0.1) is 5.92 Å². The number of hydrogen-bond acceptors (Lipinski definition) is 2. The van der Waals surface area contributed by atoms with Crippen molar-refractivity contribution in [1.29, 1.82) is 0 Å². The standard InChI is InChI=1S/C13H17FN2O/c1-9-7-11(4-5-12(9)14)16-13(17)10-3-2-6-15-8-10/h4-5,7,10,15H,2-3,6,8H2,1H3,(H,16,17)/t10-/m0/s1. The van der Waals surface area contributed by atoms with Gasteiger partial charge in [-0.3, -0.25) is 4.79 Å². The molecular weight excluding hydrogens is 219 g/mol. The van der Waals surface area contributed by atoms with Gasteiger partial charge in [-0.1, -0.05) is 0 Å². The molecular formula is C13H17FN2O. The Kier molecular flexibility index (Phi) is 3.74. The zero-order chi connectivity index (χ0) is 12.3. The van der Waals surface area contributed by atoms with E-state index in [0.29, 0.717) is 11.3 Å². The summed E-state index contributed by atoms with van der Waals surface area (Å²) in [5, 5.41) is 6.04. The van der Waals surface area contributed by atoms with Crippen LogP contribution >= 0.6 is 0 Å². The third kappa shape index (κ3) is 3.03. The fourth-order valence-electron chi connectivity index (χ4n) is 2.04. The van der Waals surface area contributed by atoms with Crippen LogP contribution in [0.2, 0.25) is 0 Å². The van der Waals surface area contributed by atoms with Gasteiger partial charge in [0.25, 0.3) is 0 Å². The van der Waals surface area contributed by atoms with Crippen molar-refractivity contribution < 1.29 is 9.18 Å². The smallest absolute Gasteiger partial charge is 0.228 e. The molecule has 1 fully saturated rings. The van der Waals surface area contributed by atoms with Crippen LogP contribution in [-0.4, -0.2) is 19.0 Å². The Labute approximate surface area is 100 Å². The summed E-state index contributed by atoms with van der Waals surface area (Å²) in [4.78, 5) is 11.9. The van der Waals surface area contributed by atoms with Gasteiger partial charge < -0.3 is 10.6 Å². The summed E-state index contributed by atoms with van der Waals surface area (Å²) in [5.41, 5.74) is 1.21. The number of halogens is 1. The van der Waals surface area contributed by atoms with E-state index in [1.807, 2.05) is 0 Å². The maximum absolute atomic E-state index is 13.1. The van der Waals surface area contributed by atoms with E-state index in [0.717, 1.165) is 25.9 Å². The molecule has 1 aromatic rings. The number of rotatable bonds is 2. The van der Waals surface area contributed by atoms with Crippen molar-refractivity contribution in [3.8, 4) is 0 Å². The molecule has 0 unspecified atom stereocenters. The predicted octanol–water partition coefficient (Wildman–Crippen LogP) is 2.07. The fraction of sp³-hybridized carbons (Fsp3) is 0.462. The first-order valence-electron chi connectivity index (χ1n) is 5.94. The van der Waals surface area contributed by atoms with Gasteiger partial charge in [-0.25, -0.2) is 4.39 Å². The quantitative estimate of drug-likeness (QED) is 0.825. The summed E-state index contributed by atoms with van der Waals surface area (Å²) in [6.45, 7) is 3.40. The highest BCUT2D eigenvalue weighted by Gasteiger charge is 2.20. The van der Waals surface area contributed by atoms with Crippen LogP contribution in [0.1, 0.15) is 18.4 Å². The van der Waals surface area contributed by atoms with Gasteiger partial charge in [-0.05, 0) is 50.1 Å². The second kappa shape index (κ2) is 5.27. The molecule has 0 aromatic heterocycles. The maximum Gasteiger partial charge on any atom is 0.228 e. The maximum atomic E-state index is 13.1. The van der Waals surface area contributed by atoms with E-state index < -0.39 is 0 Å². The lowest BCUT2D eigenvalue weighted by Gasteiger charge is -2.21. The lowest BCUT2D eigenvalue weighted by Crippen LogP contribution is -2.37. The summed E-state index contributed by atoms with van der Waals surface area (Å²) >= 11 is 0. The average molecular weight is 236 g/mol. The first-order valence-corrected chi connectivity index (χ1v) is 5.94. The summed E-state index contributed by atoms with van der Waals surface area (Å²) in [5.74, 6) is -0.209. The number of piperidine rings is 1. The summed E-state index contributed by atoms with van der Waals surface area (Å²) in [6.07, 6.45) is 1.94. The van der Waals surface area contributed by atoms with Gasteiger partial charge in [0.1, 0.15) is 5.82 Å². The Bertz CT molecular complexity index is 414. The first-order chi connectivity index (χ1) is 8.16. The summed E-state index contributed by atoms with van der Waals surface area (Å²) in [6, 6.07) is 4.63. The van der Waals surface area contributed by atoms with E-state index in [1.54, 1.807) is 19.1 Å². The summed E-state index contributed by atoms with van der Waals surface area (Å²) in [7, 11) is 0. The van der Waals surface area contributed by atoms with E-state index in [1.165, 1.54) is 6.07 Å². The second-order valence-electron chi connectivity index (χ2n) is 4.50. The third-order valence-corrected chi connectivity index (χ3v) is 3.09. The minimum absolute atomic E-state index is 0.0169. The van der Waals surface area contributed by atoms with Crippen molar-refractivity contribution in [2.24, 2.45) is 5.92 Å². The van der Waals surface area contributed by atoms with Crippen molar-refractivity contribution in [3.05, 3.63) is 29.6 Å². The van der Waals surface area contributed by atoms with Crippen LogP contribution in [0.4, 0.5) is 10.1 Å². The number of nitrogens with one attached hydrogen (secondary N) is 2. The zero-order valence-corrected chi connectivity index (χ0v) is 9.92. The minimum Gasteiger partial charge on any atom is -0.326 e. The molecule has 2 N–H and O–H groups in total. The van der Waals surface area contributed by atoms with Crippen LogP contribution in [0.3, 0.4) is 0 Å². The number of hydrogen-bond donors (Lipinski definition) is 2. The van der Waals surface area contributed by atoms with Crippen LogP contribution in [0.25, 0.3) is 0 Å². The predicted molar refractivity (Wildman–Crippen MR) is 65.4 cm³/mol. The molecule has 0 bridgehead atoms. The van der Waals surface area contributed by atoms with E-state index in [-0.39, 0.29) is 17.6 Å². The lowest BCUT2D eigenvalue weighted by molar-refractivity contribution is -0.120. The Morgan fingerprint density at radius 2 is 2.35 bits per heavy atom. The van der Waals surface area contributed by atoms with Crippen molar-refractivity contribution in [2.75, 3.05) is 18.4 Å². The number of anilines is 1. The largest absolute Gasteiger partial charge is 0.326 e. The molecule has 3 nitrogen and oxygen atoms in total. The van der Waals surface area contributed by atoms with Gasteiger partial charge in [0, 0.05) is 12.2 Å². The Balaban J connectivity index is 1.99. The minimum atomic E-state index is -0.248. The lowest BCUT2D eigenvalue weighted by atomic mass is 9.99. The van der Waals surface area contributed by atoms with Crippen LogP contribution < -0.4 is 10.6 Å². The van der Waals surface area contributed by atoms with E-state index >= 15 is 0 Å². The van der Waals surface area contributed by atoms with Gasteiger partial charge in [0.2, 0.25) is 5.91 Å². The highest BCUT2D eigenvalue weighted by Crippen LogP contribution is 2.16. The molecule has 2 rings (SSSR count). The number of amides is 1. The van der Waals surface area contributed by atoms with E-state index in [9.17, 15) is 9.18 Å². The van der Waals surface area contributed by atoms with Gasteiger partial charge >= 0.3 is 0 Å². The normalized spacial score (nSPS) is 20.0. The van der Waals surface area contributed by atoms with Crippen LogP contribution in [-0.2, 0) is 4.79 Å². The molecule has 0 radical (unpaired) electrons. The average Bonchev–Trinajstić information content (AvgIpc) is 2.35. The topological polar surface area (TPSA) is 41.1 Å². The molecule has 1 heterocycles. The van der Waals surface area contributed by atoms with Crippen LogP contribution in [0.15, 0.2) is 18.2 Å². The zero-order valence-electron chi connectivity index (χ0n) is 9.92. The Hall–Kier alpha value is -1.42. The first kappa shape index (κ1) is 12.0. The molecule has 1 amide bonds. The van der Waals surface area contributed by atoms with Crippen LogP contribution in [0.5, 0.6) is 0 Å². The van der Waals surface area contributed by atoms with Gasteiger partial charge in [-0.2, -0.15) is 0 Å². The molecule has 92 valence electrons. The molecule has 4 heteroatoms. The summed E-state index contributed by atoms with van der Waals surface area (Å²) < 4.78 is 13.1. The molecule has 0 saturated carbocycles. The molecule has 1 aliphatic rings. The highest BCUT2D eigenvalue weighted by molar-refractivity contribution is 5.92. The molecule has 17 heavy (non-hydrogen) atoms. The van der Waals surface area contributed by atoms with Crippen molar-refractivity contribution in [3.63, 3.8) is 0 Å². The van der Waals surface area contributed by atoms with E-state index in [2.05, 4.69) is 10.6 Å². The fourth-order valence-corrected chi connectivity index (χ4v) is 2.04. The molecule has 0 spiro atoms. The van der Waals surface area contributed by atoms with Crippen molar-refractivity contribution >= 4 is 11.6 Å². The number of aryl methyl sites for hydroxylation is 1. The number of benzene rings is 1. The monoisotopic (exact) mass is 236 g/mol. The number of carbonyl (C=O) groups is 1. The second-order valence-corrected chi connectivity index (χ2v) is 4.50. The molecule has 1 atom stereocenters. The van der Waals surface area contributed by atoms with Crippen molar-refractivity contribution in [2.45, 2.75) is 19.8 Å². The molecule has 1 aromatic carbocycles. The Morgan fingerprint density at radius 3 is 3.00 bits per heavy atom. The number of carbonyl (C=O) groups excluding carboxylic acids is 1.